The third-order valence-corrected chi connectivity index (χ3v) is 9.77. The minimum absolute atomic E-state index is 0.178. The Morgan fingerprint density at radius 1 is 0.946 bits per heavy atom. The van der Waals surface area contributed by atoms with Crippen LogP contribution in [0.1, 0.15) is 82.1 Å². The molecule has 3 aromatic rings. The highest BCUT2D eigenvalue weighted by atomic mass is 16.2. The number of fused-ring (bicyclic) bond motifs is 3. The molecule has 0 N–H and O–H groups in total. The van der Waals surface area contributed by atoms with Crippen LogP contribution in [0.15, 0.2) is 54.6 Å². The molecule has 0 radical (unpaired) electrons. The highest BCUT2D eigenvalue weighted by molar-refractivity contribution is 5.76. The molecular formula is C32H42N4O. The second-order valence-corrected chi connectivity index (χ2v) is 11.8. The molecule has 4 heterocycles. The van der Waals surface area contributed by atoms with E-state index >= 15 is 0 Å². The maximum Gasteiger partial charge on any atom is 0.222 e. The van der Waals surface area contributed by atoms with Gasteiger partial charge >= 0.3 is 0 Å². The van der Waals surface area contributed by atoms with Gasteiger partial charge in [-0.25, -0.2) is 4.98 Å². The Morgan fingerprint density at radius 2 is 1.62 bits per heavy atom. The van der Waals surface area contributed by atoms with Crippen LogP contribution >= 0.6 is 0 Å². The molecule has 1 unspecified atom stereocenters. The van der Waals surface area contributed by atoms with Crippen LogP contribution in [0.4, 0.5) is 0 Å². The van der Waals surface area contributed by atoms with Crippen LogP contribution in [0.3, 0.4) is 0 Å². The molecule has 3 fully saturated rings. The first-order chi connectivity index (χ1) is 18.1. The molecule has 1 aromatic heterocycles. The van der Waals surface area contributed by atoms with Crippen LogP contribution < -0.4 is 0 Å². The molecule has 3 atom stereocenters. The van der Waals surface area contributed by atoms with Crippen molar-refractivity contribution < 1.29 is 4.79 Å². The number of imidazole rings is 1. The third-order valence-electron chi connectivity index (χ3n) is 9.77. The minimum Gasteiger partial charge on any atom is -0.343 e. The van der Waals surface area contributed by atoms with E-state index in [4.69, 9.17) is 4.98 Å². The summed E-state index contributed by atoms with van der Waals surface area (Å²) in [7, 11) is 0. The molecule has 3 aliphatic heterocycles. The lowest BCUT2D eigenvalue weighted by molar-refractivity contribution is -0.132. The molecule has 3 saturated heterocycles. The van der Waals surface area contributed by atoms with E-state index in [-0.39, 0.29) is 5.41 Å². The maximum absolute atomic E-state index is 12.6. The monoisotopic (exact) mass is 498 g/mol. The molecule has 3 aliphatic rings. The largest absolute Gasteiger partial charge is 0.343 e. The Balaban J connectivity index is 1.17. The van der Waals surface area contributed by atoms with Gasteiger partial charge in [-0.1, -0.05) is 49.4 Å². The summed E-state index contributed by atoms with van der Waals surface area (Å²) in [5.41, 5.74) is 4.08. The van der Waals surface area contributed by atoms with E-state index in [1.165, 1.54) is 49.7 Å². The predicted molar refractivity (Wildman–Crippen MR) is 150 cm³/mol. The fraction of sp³-hybridized carbons (Fsp3) is 0.562. The lowest BCUT2D eigenvalue weighted by atomic mass is 9.70. The average Bonchev–Trinajstić information content (AvgIpc) is 3.39. The number of para-hydroxylation sites is 2. The molecule has 2 bridgehead atoms. The Bertz CT molecular complexity index is 1210. The molecule has 0 spiro atoms. The highest BCUT2D eigenvalue weighted by Gasteiger charge is 2.44. The van der Waals surface area contributed by atoms with Crippen LogP contribution in [-0.2, 0) is 10.2 Å². The lowest BCUT2D eigenvalue weighted by Gasteiger charge is -2.45. The van der Waals surface area contributed by atoms with Crippen molar-refractivity contribution in [1.82, 2.24) is 19.4 Å². The number of rotatable bonds is 7. The number of benzene rings is 2. The van der Waals surface area contributed by atoms with Crippen molar-refractivity contribution in [3.63, 3.8) is 0 Å². The molecule has 0 saturated carbocycles. The molecule has 1 amide bonds. The second kappa shape index (κ2) is 10.2. The van der Waals surface area contributed by atoms with Gasteiger partial charge in [-0.2, -0.15) is 0 Å². The average molecular weight is 499 g/mol. The maximum atomic E-state index is 12.6. The zero-order valence-corrected chi connectivity index (χ0v) is 22.6. The van der Waals surface area contributed by atoms with Crippen LogP contribution in [0.2, 0.25) is 0 Å². The first-order valence-electron chi connectivity index (χ1n) is 14.6. The third kappa shape index (κ3) is 4.60. The fourth-order valence-electron chi connectivity index (χ4n) is 7.82. The molecule has 5 nitrogen and oxygen atoms in total. The van der Waals surface area contributed by atoms with E-state index < -0.39 is 0 Å². The standard InChI is InChI=1S/C32H42N4O/c1-3-9-31(37)34-19-16-32(17-20-34,25-10-5-4-6-11-25)18-21-35-26-14-15-27(35)23-28(22-26)36-24(2)33-29-12-7-8-13-30(29)36/h4-8,10-13,26-28H,3,9,14-23H2,1-2H3/t26-,27+,28?. The summed E-state index contributed by atoms with van der Waals surface area (Å²) in [6.45, 7) is 7.24. The van der Waals surface area contributed by atoms with Crippen LogP contribution in [-0.4, -0.2) is 57.0 Å². The predicted octanol–water partition coefficient (Wildman–Crippen LogP) is 6.26. The van der Waals surface area contributed by atoms with Crippen molar-refractivity contribution in [3.8, 4) is 0 Å². The van der Waals surface area contributed by atoms with E-state index in [1.807, 2.05) is 0 Å². The van der Waals surface area contributed by atoms with Crippen LogP contribution in [0.25, 0.3) is 11.0 Å². The molecule has 196 valence electrons. The Hall–Kier alpha value is -2.66. The van der Waals surface area contributed by atoms with E-state index in [2.05, 4.69) is 82.8 Å². The minimum atomic E-state index is 0.178. The Morgan fingerprint density at radius 3 is 2.32 bits per heavy atom. The number of likely N-dealkylation sites (tertiary alicyclic amines) is 1. The zero-order chi connectivity index (χ0) is 25.4. The van der Waals surface area contributed by atoms with E-state index in [1.54, 1.807) is 0 Å². The number of carbonyl (C=O) groups is 1. The number of aromatic nitrogens is 2. The molecule has 6 rings (SSSR count). The van der Waals surface area contributed by atoms with Gasteiger partial charge in [0.2, 0.25) is 5.91 Å². The van der Waals surface area contributed by atoms with Gasteiger partial charge in [-0.05, 0) is 87.9 Å². The van der Waals surface area contributed by atoms with E-state index in [0.29, 0.717) is 30.5 Å². The van der Waals surface area contributed by atoms with Crippen molar-refractivity contribution in [3.05, 3.63) is 66.0 Å². The van der Waals surface area contributed by atoms with Crippen LogP contribution in [0, 0.1) is 6.92 Å². The van der Waals surface area contributed by atoms with Gasteiger partial charge < -0.3 is 9.47 Å². The van der Waals surface area contributed by atoms with Gasteiger partial charge in [-0.15, -0.1) is 0 Å². The van der Waals surface area contributed by atoms with Crippen molar-refractivity contribution in [2.75, 3.05) is 19.6 Å². The number of aryl methyl sites for hydroxylation is 1. The van der Waals surface area contributed by atoms with Gasteiger partial charge in [0.1, 0.15) is 5.82 Å². The number of hydrogen-bond donors (Lipinski definition) is 0. The van der Waals surface area contributed by atoms with Crippen molar-refractivity contribution in [2.45, 2.75) is 95.2 Å². The van der Waals surface area contributed by atoms with Gasteiger partial charge in [0.05, 0.1) is 11.0 Å². The van der Waals surface area contributed by atoms with Gasteiger partial charge in [0.15, 0.2) is 0 Å². The van der Waals surface area contributed by atoms with Crippen molar-refractivity contribution in [2.24, 2.45) is 0 Å². The Kier molecular flexibility index (Phi) is 6.83. The second-order valence-electron chi connectivity index (χ2n) is 11.8. The normalized spacial score (nSPS) is 25.6. The number of carbonyl (C=O) groups excluding carboxylic acids is 1. The van der Waals surface area contributed by atoms with Gasteiger partial charge in [0, 0.05) is 37.6 Å². The topological polar surface area (TPSA) is 41.4 Å². The number of nitrogens with zero attached hydrogens (tertiary/aromatic N) is 4. The summed E-state index contributed by atoms with van der Waals surface area (Å²) in [4.78, 5) is 22.4. The first-order valence-corrected chi connectivity index (χ1v) is 14.6. The van der Waals surface area contributed by atoms with E-state index in [9.17, 15) is 4.79 Å². The zero-order valence-electron chi connectivity index (χ0n) is 22.6. The number of amides is 1. The summed E-state index contributed by atoms with van der Waals surface area (Å²) in [5.74, 6) is 1.50. The molecule has 2 aromatic carbocycles. The molecule has 5 heteroatoms. The van der Waals surface area contributed by atoms with Crippen molar-refractivity contribution in [1.29, 1.82) is 0 Å². The molecule has 0 aliphatic carbocycles. The summed E-state index contributed by atoms with van der Waals surface area (Å²) in [6.07, 6.45) is 10.1. The molecular weight excluding hydrogens is 456 g/mol. The lowest BCUT2D eigenvalue weighted by Crippen LogP contribution is -2.49. The fourth-order valence-corrected chi connectivity index (χ4v) is 7.82. The van der Waals surface area contributed by atoms with Gasteiger partial charge in [-0.3, -0.25) is 9.69 Å². The Labute approximate surface area is 221 Å². The van der Waals surface area contributed by atoms with Crippen LogP contribution in [0.5, 0.6) is 0 Å². The molecule has 37 heavy (non-hydrogen) atoms. The number of hydrogen-bond acceptors (Lipinski definition) is 3. The van der Waals surface area contributed by atoms with Gasteiger partial charge in [0.25, 0.3) is 0 Å². The van der Waals surface area contributed by atoms with E-state index in [0.717, 1.165) is 43.7 Å². The summed E-state index contributed by atoms with van der Waals surface area (Å²) in [5, 5.41) is 0. The summed E-state index contributed by atoms with van der Waals surface area (Å²) < 4.78 is 2.53. The SMILES string of the molecule is CCCC(=O)N1CCC(CCN2[C@@H]3CC[C@H]2CC(n2c(C)nc4ccccc42)C3)(c2ccccc2)CC1. The quantitative estimate of drug-likeness (QED) is 0.386. The first kappa shape index (κ1) is 24.7. The summed E-state index contributed by atoms with van der Waals surface area (Å²) >= 11 is 0. The highest BCUT2D eigenvalue weighted by Crippen LogP contribution is 2.45. The van der Waals surface area contributed by atoms with Crippen molar-refractivity contribution >= 4 is 16.9 Å². The summed E-state index contributed by atoms with van der Waals surface area (Å²) in [6, 6.07) is 21.7. The smallest absolute Gasteiger partial charge is 0.222 e. The number of piperidine rings is 2.